The van der Waals surface area contributed by atoms with Crippen molar-refractivity contribution in [2.45, 2.75) is 19.5 Å². The van der Waals surface area contributed by atoms with Crippen molar-refractivity contribution in [3.8, 4) is 0 Å². The molecule has 0 aliphatic heterocycles. The van der Waals surface area contributed by atoms with E-state index in [4.69, 9.17) is 0 Å². The lowest BCUT2D eigenvalue weighted by Gasteiger charge is -2.04. The van der Waals surface area contributed by atoms with Gasteiger partial charge in [-0.15, -0.1) is 11.3 Å². The van der Waals surface area contributed by atoms with Crippen LogP contribution >= 0.6 is 11.3 Å². The van der Waals surface area contributed by atoms with Gasteiger partial charge in [0.2, 0.25) is 0 Å². The molecule has 0 aliphatic carbocycles. The Bertz CT molecular complexity index is 236. The maximum atomic E-state index is 12.1. The van der Waals surface area contributed by atoms with E-state index in [1.807, 2.05) is 0 Å². The van der Waals surface area contributed by atoms with E-state index >= 15 is 0 Å². The molecule has 0 atom stereocenters. The summed E-state index contributed by atoms with van der Waals surface area (Å²) in [5.74, 6) is 0. The molecule has 4 heteroatoms. The van der Waals surface area contributed by atoms with Crippen LogP contribution in [0.25, 0.3) is 0 Å². The Morgan fingerprint density at radius 2 is 2.09 bits per heavy atom. The SMILES string of the molecule is CCc1ccsc1C(F)(F)F. The molecule has 1 heterocycles. The molecule has 0 N–H and O–H groups in total. The normalized spacial score (nSPS) is 12.0. The highest BCUT2D eigenvalue weighted by molar-refractivity contribution is 7.10. The highest BCUT2D eigenvalue weighted by Crippen LogP contribution is 2.35. The molecule has 0 unspecified atom stereocenters. The molecule has 11 heavy (non-hydrogen) atoms. The van der Waals surface area contributed by atoms with Crippen molar-refractivity contribution in [3.63, 3.8) is 0 Å². The zero-order valence-corrected chi connectivity index (χ0v) is 6.72. The Balaban J connectivity index is 3.02. The Morgan fingerprint density at radius 3 is 2.45 bits per heavy atom. The summed E-state index contributed by atoms with van der Waals surface area (Å²) < 4.78 is 36.2. The van der Waals surface area contributed by atoms with Crippen molar-refractivity contribution in [1.29, 1.82) is 0 Å². The van der Waals surface area contributed by atoms with Gasteiger partial charge in [0, 0.05) is 0 Å². The van der Waals surface area contributed by atoms with Gasteiger partial charge in [0.15, 0.2) is 0 Å². The van der Waals surface area contributed by atoms with Crippen LogP contribution in [0.4, 0.5) is 13.2 Å². The second-order valence-electron chi connectivity index (χ2n) is 2.13. The first-order valence-corrected chi connectivity index (χ1v) is 4.07. The predicted octanol–water partition coefficient (Wildman–Crippen LogP) is 3.33. The number of halogens is 3. The van der Waals surface area contributed by atoms with Gasteiger partial charge >= 0.3 is 6.18 Å². The number of thiophene rings is 1. The molecule has 0 nitrogen and oxygen atoms in total. The van der Waals surface area contributed by atoms with E-state index in [9.17, 15) is 13.2 Å². The van der Waals surface area contributed by atoms with Crippen LogP contribution in [-0.4, -0.2) is 0 Å². The van der Waals surface area contributed by atoms with Crippen molar-refractivity contribution in [2.75, 3.05) is 0 Å². The van der Waals surface area contributed by atoms with Crippen LogP contribution in [-0.2, 0) is 12.6 Å². The summed E-state index contributed by atoms with van der Waals surface area (Å²) in [7, 11) is 0. The molecule has 0 saturated heterocycles. The quantitative estimate of drug-likeness (QED) is 0.621. The number of aryl methyl sites for hydroxylation is 1. The van der Waals surface area contributed by atoms with E-state index in [1.165, 1.54) is 11.4 Å². The number of hydrogen-bond acceptors (Lipinski definition) is 1. The van der Waals surface area contributed by atoms with Gasteiger partial charge in [0.1, 0.15) is 4.88 Å². The fourth-order valence-corrected chi connectivity index (χ4v) is 1.73. The van der Waals surface area contributed by atoms with Crippen molar-refractivity contribution in [1.82, 2.24) is 0 Å². The molecule has 0 aromatic carbocycles. The molecule has 1 aromatic heterocycles. The minimum atomic E-state index is -4.17. The summed E-state index contributed by atoms with van der Waals surface area (Å²) in [6, 6.07) is 1.52. The van der Waals surface area contributed by atoms with Crippen LogP contribution < -0.4 is 0 Å². The second kappa shape index (κ2) is 2.85. The van der Waals surface area contributed by atoms with Gasteiger partial charge in [0.05, 0.1) is 0 Å². The van der Waals surface area contributed by atoms with E-state index in [2.05, 4.69) is 0 Å². The Hall–Kier alpha value is -0.510. The average molecular weight is 180 g/mol. The second-order valence-corrected chi connectivity index (χ2v) is 3.04. The van der Waals surface area contributed by atoms with E-state index < -0.39 is 11.1 Å². The Labute approximate surface area is 66.7 Å². The Kier molecular flexibility index (Phi) is 2.23. The third-order valence-corrected chi connectivity index (χ3v) is 2.39. The molecular formula is C7H7F3S. The fraction of sp³-hybridized carbons (Fsp3) is 0.429. The van der Waals surface area contributed by atoms with E-state index in [-0.39, 0.29) is 0 Å². The molecule has 0 aliphatic rings. The van der Waals surface area contributed by atoms with Crippen molar-refractivity contribution in [3.05, 3.63) is 21.9 Å². The van der Waals surface area contributed by atoms with Crippen LogP contribution in [0.2, 0.25) is 0 Å². The largest absolute Gasteiger partial charge is 0.425 e. The van der Waals surface area contributed by atoms with Gasteiger partial charge < -0.3 is 0 Å². The van der Waals surface area contributed by atoms with Crippen LogP contribution in [0, 0.1) is 0 Å². The van der Waals surface area contributed by atoms with E-state index in [0.717, 1.165) is 11.3 Å². The standard InChI is InChI=1S/C7H7F3S/c1-2-5-3-4-11-6(5)7(8,9)10/h3-4H,2H2,1H3. The first-order chi connectivity index (χ1) is 5.05. The van der Waals surface area contributed by atoms with Crippen LogP contribution in [0.15, 0.2) is 11.4 Å². The summed E-state index contributed by atoms with van der Waals surface area (Å²) in [4.78, 5) is -0.458. The molecular weight excluding hydrogens is 173 g/mol. The van der Waals surface area contributed by atoms with Crippen LogP contribution in [0.3, 0.4) is 0 Å². The number of hydrogen-bond donors (Lipinski definition) is 0. The highest BCUT2D eigenvalue weighted by atomic mass is 32.1. The molecule has 1 aromatic rings. The molecule has 0 fully saturated rings. The monoisotopic (exact) mass is 180 g/mol. The lowest BCUT2D eigenvalue weighted by Crippen LogP contribution is -2.04. The van der Waals surface area contributed by atoms with Crippen molar-refractivity contribution < 1.29 is 13.2 Å². The van der Waals surface area contributed by atoms with Gasteiger partial charge in [-0.25, -0.2) is 0 Å². The zero-order valence-electron chi connectivity index (χ0n) is 5.90. The minimum absolute atomic E-state index is 0.391. The number of alkyl halides is 3. The summed E-state index contributed by atoms with van der Waals surface area (Å²) >= 11 is 0.756. The molecule has 0 bridgehead atoms. The lowest BCUT2D eigenvalue weighted by atomic mass is 10.2. The van der Waals surface area contributed by atoms with Crippen LogP contribution in [0.1, 0.15) is 17.4 Å². The fourth-order valence-electron chi connectivity index (χ4n) is 0.863. The highest BCUT2D eigenvalue weighted by Gasteiger charge is 2.33. The summed E-state index contributed by atoms with van der Waals surface area (Å²) in [5.41, 5.74) is 0.391. The van der Waals surface area contributed by atoms with Crippen molar-refractivity contribution >= 4 is 11.3 Å². The maximum Gasteiger partial charge on any atom is 0.425 e. The van der Waals surface area contributed by atoms with E-state index in [1.54, 1.807) is 6.92 Å². The first kappa shape index (κ1) is 8.59. The molecule has 62 valence electrons. The van der Waals surface area contributed by atoms with Gasteiger partial charge in [-0.2, -0.15) is 13.2 Å². The molecule has 0 saturated carbocycles. The lowest BCUT2D eigenvalue weighted by molar-refractivity contribution is -0.134. The van der Waals surface area contributed by atoms with Gasteiger partial charge in [-0.05, 0) is 23.4 Å². The maximum absolute atomic E-state index is 12.1. The van der Waals surface area contributed by atoms with Gasteiger partial charge in [0.25, 0.3) is 0 Å². The molecule has 0 spiro atoms. The van der Waals surface area contributed by atoms with Crippen molar-refractivity contribution in [2.24, 2.45) is 0 Å². The van der Waals surface area contributed by atoms with E-state index in [0.29, 0.717) is 12.0 Å². The molecule has 1 rings (SSSR count). The average Bonchev–Trinajstić information content (AvgIpc) is 2.31. The summed E-state index contributed by atoms with van der Waals surface area (Å²) in [6.07, 6.45) is -3.72. The minimum Gasteiger partial charge on any atom is -0.165 e. The first-order valence-electron chi connectivity index (χ1n) is 3.19. The van der Waals surface area contributed by atoms with Gasteiger partial charge in [-0.1, -0.05) is 6.92 Å². The number of rotatable bonds is 1. The Morgan fingerprint density at radius 1 is 1.45 bits per heavy atom. The topological polar surface area (TPSA) is 0 Å². The summed E-state index contributed by atoms with van der Waals surface area (Å²) in [6.45, 7) is 1.72. The molecule has 0 radical (unpaired) electrons. The predicted molar refractivity (Wildman–Crippen MR) is 38.7 cm³/mol. The molecule has 0 amide bonds. The van der Waals surface area contributed by atoms with Gasteiger partial charge in [-0.3, -0.25) is 0 Å². The summed E-state index contributed by atoms with van der Waals surface area (Å²) in [5, 5.41) is 1.47. The zero-order chi connectivity index (χ0) is 8.48. The third kappa shape index (κ3) is 1.74. The smallest absolute Gasteiger partial charge is 0.165 e. The third-order valence-electron chi connectivity index (χ3n) is 1.39. The van der Waals surface area contributed by atoms with Crippen LogP contribution in [0.5, 0.6) is 0 Å².